The highest BCUT2D eigenvalue weighted by Crippen LogP contribution is 2.36. The molecule has 1 N–H and O–H groups in total. The van der Waals surface area contributed by atoms with E-state index in [1.165, 1.54) is 0 Å². The number of ether oxygens (including phenoxy) is 1. The maximum Gasteiger partial charge on any atom is 0.124 e. The molecule has 0 radical (unpaired) electrons. The highest BCUT2D eigenvalue weighted by molar-refractivity contribution is 6.42. The molecule has 0 amide bonds. The first-order chi connectivity index (χ1) is 10.1. The molecule has 0 heterocycles. The van der Waals surface area contributed by atoms with E-state index in [4.69, 9.17) is 27.9 Å². The number of halogens is 2. The van der Waals surface area contributed by atoms with Crippen LogP contribution in [-0.2, 0) is 0 Å². The Balaban J connectivity index is 2.56. The van der Waals surface area contributed by atoms with Crippen LogP contribution in [0.4, 0.5) is 0 Å². The van der Waals surface area contributed by atoms with E-state index < -0.39 is 0 Å². The molecule has 0 bridgehead atoms. The number of rotatable bonds is 5. The van der Waals surface area contributed by atoms with E-state index in [-0.39, 0.29) is 6.04 Å². The Bertz CT molecular complexity index is 628. The van der Waals surface area contributed by atoms with Gasteiger partial charge in [0.2, 0.25) is 0 Å². The van der Waals surface area contributed by atoms with Crippen LogP contribution >= 0.6 is 23.2 Å². The van der Waals surface area contributed by atoms with Crippen molar-refractivity contribution in [1.82, 2.24) is 5.32 Å². The monoisotopic (exact) mass is 323 g/mol. The van der Waals surface area contributed by atoms with Gasteiger partial charge in [-0.2, -0.15) is 0 Å². The largest absolute Gasteiger partial charge is 0.496 e. The molecule has 0 saturated carbocycles. The summed E-state index contributed by atoms with van der Waals surface area (Å²) in [5.74, 6) is 0.844. The SMILES string of the molecule is CCNC(c1ccc(C)cc1OC)c1cccc(Cl)c1Cl. The Morgan fingerprint density at radius 3 is 2.57 bits per heavy atom. The summed E-state index contributed by atoms with van der Waals surface area (Å²) >= 11 is 12.5. The van der Waals surface area contributed by atoms with Crippen LogP contribution in [-0.4, -0.2) is 13.7 Å². The standard InChI is InChI=1S/C17H19Cl2NO/c1-4-20-17(13-6-5-7-14(18)16(13)19)12-9-8-11(2)10-15(12)21-3/h5-10,17,20H,4H2,1-3H3. The van der Waals surface area contributed by atoms with Gasteiger partial charge in [-0.05, 0) is 36.7 Å². The van der Waals surface area contributed by atoms with Crippen LogP contribution in [0.15, 0.2) is 36.4 Å². The summed E-state index contributed by atoms with van der Waals surface area (Å²) in [5, 5.41) is 4.59. The van der Waals surface area contributed by atoms with Gasteiger partial charge in [-0.1, -0.05) is 54.4 Å². The predicted octanol–water partition coefficient (Wildman–Crippen LogP) is 5.01. The molecule has 1 atom stereocenters. The average molecular weight is 324 g/mol. The van der Waals surface area contributed by atoms with E-state index in [2.05, 4.69) is 24.4 Å². The summed E-state index contributed by atoms with van der Waals surface area (Å²) in [6, 6.07) is 11.8. The molecule has 0 aromatic heterocycles. The van der Waals surface area contributed by atoms with Crippen LogP contribution in [0.25, 0.3) is 0 Å². The molecule has 2 nitrogen and oxygen atoms in total. The van der Waals surface area contributed by atoms with Crippen LogP contribution in [0, 0.1) is 6.92 Å². The van der Waals surface area contributed by atoms with E-state index in [0.717, 1.165) is 29.0 Å². The molecule has 1 unspecified atom stereocenters. The normalized spacial score (nSPS) is 12.2. The van der Waals surface area contributed by atoms with Crippen molar-refractivity contribution in [3.05, 3.63) is 63.1 Å². The fraction of sp³-hybridized carbons (Fsp3) is 0.294. The second-order valence-electron chi connectivity index (χ2n) is 4.88. The van der Waals surface area contributed by atoms with Gasteiger partial charge in [-0.25, -0.2) is 0 Å². The summed E-state index contributed by atoms with van der Waals surface area (Å²) in [6.45, 7) is 4.91. The Morgan fingerprint density at radius 2 is 1.90 bits per heavy atom. The molecule has 0 aliphatic heterocycles. The first-order valence-corrected chi connectivity index (χ1v) is 7.66. The average Bonchev–Trinajstić information content (AvgIpc) is 2.48. The van der Waals surface area contributed by atoms with Gasteiger partial charge < -0.3 is 10.1 Å². The molecular weight excluding hydrogens is 305 g/mol. The highest BCUT2D eigenvalue weighted by atomic mass is 35.5. The predicted molar refractivity (Wildman–Crippen MR) is 89.7 cm³/mol. The van der Waals surface area contributed by atoms with Crippen LogP contribution in [0.5, 0.6) is 5.75 Å². The van der Waals surface area contributed by atoms with Gasteiger partial charge >= 0.3 is 0 Å². The van der Waals surface area contributed by atoms with Crippen LogP contribution in [0.2, 0.25) is 10.0 Å². The maximum absolute atomic E-state index is 6.39. The topological polar surface area (TPSA) is 21.3 Å². The van der Waals surface area contributed by atoms with Crippen LogP contribution in [0.1, 0.15) is 29.7 Å². The Hall–Kier alpha value is -1.22. The van der Waals surface area contributed by atoms with Crippen molar-refractivity contribution >= 4 is 23.2 Å². The minimum absolute atomic E-state index is 0.0586. The number of aryl methyl sites for hydroxylation is 1. The molecule has 0 saturated heterocycles. The molecule has 0 spiro atoms. The van der Waals surface area contributed by atoms with Gasteiger partial charge in [0, 0.05) is 5.56 Å². The van der Waals surface area contributed by atoms with E-state index in [1.54, 1.807) is 13.2 Å². The second-order valence-corrected chi connectivity index (χ2v) is 5.66. The fourth-order valence-electron chi connectivity index (χ4n) is 2.39. The molecule has 4 heteroatoms. The van der Waals surface area contributed by atoms with E-state index >= 15 is 0 Å². The molecule has 2 aromatic rings. The van der Waals surface area contributed by atoms with E-state index in [9.17, 15) is 0 Å². The van der Waals surface area contributed by atoms with Crippen LogP contribution in [0.3, 0.4) is 0 Å². The third-order valence-electron chi connectivity index (χ3n) is 3.40. The first kappa shape index (κ1) is 16.2. The van der Waals surface area contributed by atoms with E-state index in [1.807, 2.05) is 25.1 Å². The van der Waals surface area contributed by atoms with Gasteiger partial charge in [0.05, 0.1) is 23.2 Å². The zero-order chi connectivity index (χ0) is 15.4. The number of hydrogen-bond acceptors (Lipinski definition) is 2. The lowest BCUT2D eigenvalue weighted by atomic mass is 9.96. The summed E-state index contributed by atoms with van der Waals surface area (Å²) in [6.07, 6.45) is 0. The minimum Gasteiger partial charge on any atom is -0.496 e. The summed E-state index contributed by atoms with van der Waals surface area (Å²) in [7, 11) is 1.68. The zero-order valence-electron chi connectivity index (χ0n) is 12.4. The number of hydrogen-bond donors (Lipinski definition) is 1. The molecule has 21 heavy (non-hydrogen) atoms. The number of nitrogens with one attached hydrogen (secondary N) is 1. The third-order valence-corrected chi connectivity index (χ3v) is 4.23. The minimum atomic E-state index is -0.0586. The molecule has 0 aliphatic rings. The highest BCUT2D eigenvalue weighted by Gasteiger charge is 2.20. The smallest absolute Gasteiger partial charge is 0.124 e. The second kappa shape index (κ2) is 7.17. The van der Waals surface area contributed by atoms with Gasteiger partial charge in [0.15, 0.2) is 0 Å². The van der Waals surface area contributed by atoms with Crippen LogP contribution < -0.4 is 10.1 Å². The summed E-state index contributed by atoms with van der Waals surface area (Å²) < 4.78 is 5.53. The molecule has 2 aromatic carbocycles. The van der Waals surface area contributed by atoms with Crippen molar-refractivity contribution in [3.63, 3.8) is 0 Å². The van der Waals surface area contributed by atoms with Crippen molar-refractivity contribution in [2.24, 2.45) is 0 Å². The lowest BCUT2D eigenvalue weighted by molar-refractivity contribution is 0.404. The quantitative estimate of drug-likeness (QED) is 0.835. The van der Waals surface area contributed by atoms with Crippen molar-refractivity contribution in [2.45, 2.75) is 19.9 Å². The van der Waals surface area contributed by atoms with Gasteiger partial charge in [-0.15, -0.1) is 0 Å². The number of methoxy groups -OCH3 is 1. The zero-order valence-corrected chi connectivity index (χ0v) is 13.9. The molecule has 0 fully saturated rings. The Kier molecular flexibility index (Phi) is 5.51. The first-order valence-electron chi connectivity index (χ1n) is 6.90. The molecule has 2 rings (SSSR count). The van der Waals surface area contributed by atoms with E-state index in [0.29, 0.717) is 10.0 Å². The lowest BCUT2D eigenvalue weighted by Gasteiger charge is -2.23. The molecule has 112 valence electrons. The summed E-state index contributed by atoms with van der Waals surface area (Å²) in [4.78, 5) is 0. The molecular formula is C17H19Cl2NO. The molecule has 0 aliphatic carbocycles. The van der Waals surface area contributed by atoms with Crippen molar-refractivity contribution in [1.29, 1.82) is 0 Å². The number of benzene rings is 2. The third kappa shape index (κ3) is 3.52. The van der Waals surface area contributed by atoms with Crippen molar-refractivity contribution < 1.29 is 4.74 Å². The van der Waals surface area contributed by atoms with Crippen molar-refractivity contribution in [2.75, 3.05) is 13.7 Å². The lowest BCUT2D eigenvalue weighted by Crippen LogP contribution is -2.23. The van der Waals surface area contributed by atoms with Gasteiger partial charge in [0.25, 0.3) is 0 Å². The van der Waals surface area contributed by atoms with Crippen molar-refractivity contribution in [3.8, 4) is 5.75 Å². The Morgan fingerprint density at radius 1 is 1.14 bits per heavy atom. The van der Waals surface area contributed by atoms with Gasteiger partial charge in [0.1, 0.15) is 5.75 Å². The fourth-order valence-corrected chi connectivity index (χ4v) is 2.81. The summed E-state index contributed by atoms with van der Waals surface area (Å²) in [5.41, 5.74) is 3.16. The maximum atomic E-state index is 6.39. The Labute approximate surface area is 136 Å². The van der Waals surface area contributed by atoms with Gasteiger partial charge in [-0.3, -0.25) is 0 Å².